The minimum Gasteiger partial charge on any atom is -0.386 e. The van der Waals surface area contributed by atoms with Gasteiger partial charge >= 0.3 is 0 Å². The van der Waals surface area contributed by atoms with Gasteiger partial charge in [-0.1, -0.05) is 40.7 Å². The lowest BCUT2D eigenvalue weighted by Crippen LogP contribution is -2.44. The first-order valence-corrected chi connectivity index (χ1v) is 13.2. The van der Waals surface area contributed by atoms with Crippen LogP contribution >= 0.6 is 0 Å². The van der Waals surface area contributed by atoms with E-state index >= 15 is 0 Å². The number of nitrogens with two attached hydrogens (primary N) is 1. The highest BCUT2D eigenvalue weighted by atomic mass is 16.2. The highest BCUT2D eigenvalue weighted by Gasteiger charge is 2.39. The van der Waals surface area contributed by atoms with Gasteiger partial charge in [-0.05, 0) is 44.4 Å². The molecule has 3 atom stereocenters. The van der Waals surface area contributed by atoms with Crippen LogP contribution in [0.15, 0.2) is 12.4 Å². The first kappa shape index (κ1) is 31.3. The van der Waals surface area contributed by atoms with E-state index in [1.807, 2.05) is 27.7 Å². The summed E-state index contributed by atoms with van der Waals surface area (Å²) in [5.74, 6) is -0.861. The van der Waals surface area contributed by atoms with Crippen molar-refractivity contribution in [2.24, 2.45) is 29.4 Å². The number of nitrogens with zero attached hydrogens (tertiary/aromatic N) is 1. The van der Waals surface area contributed by atoms with Crippen molar-refractivity contribution >= 4 is 29.3 Å². The highest BCUT2D eigenvalue weighted by molar-refractivity contribution is 6.03. The van der Waals surface area contributed by atoms with Gasteiger partial charge in [-0.3, -0.25) is 28.9 Å². The molecule has 1 heterocycles. The molecule has 0 saturated carbocycles. The molecule has 1 aliphatic rings. The predicted molar refractivity (Wildman–Crippen MR) is 139 cm³/mol. The zero-order valence-electron chi connectivity index (χ0n) is 22.7. The standard InChI is InChI=1S/C27H46N4O5/c1-17(2)22(26(35)30-24(19(5)32)12-10-13-29-20(6)28)15-21(33)11-8-7-9-14-31-25(34)16-23(18(3)4)27(31)36/h17-18,22-24,29H,6-16,28H2,1-5H3,(H,30,35)/t22-,23?,24-/m0/s1. The number of unbranched alkanes of at least 4 members (excludes halogenated alkanes) is 2. The van der Waals surface area contributed by atoms with E-state index in [-0.39, 0.29) is 53.5 Å². The van der Waals surface area contributed by atoms with Crippen molar-refractivity contribution in [2.45, 2.75) is 92.0 Å². The molecular weight excluding hydrogens is 460 g/mol. The smallest absolute Gasteiger partial charge is 0.233 e. The fraction of sp³-hybridized carbons (Fsp3) is 0.741. The normalized spacial score (nSPS) is 17.4. The maximum atomic E-state index is 12.9. The summed E-state index contributed by atoms with van der Waals surface area (Å²) >= 11 is 0. The van der Waals surface area contributed by atoms with Gasteiger partial charge in [-0.25, -0.2) is 0 Å². The number of carbonyl (C=O) groups excluding carboxylic acids is 5. The fourth-order valence-electron chi connectivity index (χ4n) is 4.42. The van der Waals surface area contributed by atoms with E-state index in [4.69, 9.17) is 5.73 Å². The average molecular weight is 507 g/mol. The van der Waals surface area contributed by atoms with Crippen molar-refractivity contribution in [3.8, 4) is 0 Å². The molecule has 0 spiro atoms. The number of likely N-dealkylation sites (tertiary alicyclic amines) is 1. The second-order valence-corrected chi connectivity index (χ2v) is 10.6. The van der Waals surface area contributed by atoms with Crippen molar-refractivity contribution in [3.05, 3.63) is 12.4 Å². The summed E-state index contributed by atoms with van der Waals surface area (Å²) in [5, 5.41) is 5.72. The van der Waals surface area contributed by atoms with Crippen molar-refractivity contribution < 1.29 is 24.0 Å². The molecule has 1 unspecified atom stereocenters. The minimum absolute atomic E-state index is 0.00193. The number of nitrogens with one attached hydrogen (secondary N) is 2. The zero-order chi connectivity index (χ0) is 27.4. The van der Waals surface area contributed by atoms with Gasteiger partial charge in [0, 0.05) is 44.2 Å². The van der Waals surface area contributed by atoms with Gasteiger partial charge < -0.3 is 16.4 Å². The molecular formula is C27H46N4O5. The summed E-state index contributed by atoms with van der Waals surface area (Å²) < 4.78 is 0. The van der Waals surface area contributed by atoms with Crippen LogP contribution in [0.5, 0.6) is 0 Å². The fourth-order valence-corrected chi connectivity index (χ4v) is 4.42. The molecule has 204 valence electrons. The van der Waals surface area contributed by atoms with Gasteiger partial charge in [0.15, 0.2) is 5.78 Å². The van der Waals surface area contributed by atoms with Crippen molar-refractivity contribution in [2.75, 3.05) is 13.1 Å². The monoisotopic (exact) mass is 506 g/mol. The number of amides is 3. The van der Waals surface area contributed by atoms with Crippen LogP contribution in [0.3, 0.4) is 0 Å². The number of carbonyl (C=O) groups is 5. The third kappa shape index (κ3) is 10.5. The summed E-state index contributed by atoms with van der Waals surface area (Å²) in [5.41, 5.74) is 5.47. The Hall–Kier alpha value is -2.71. The Balaban J connectivity index is 2.45. The third-order valence-electron chi connectivity index (χ3n) is 6.84. The number of imide groups is 1. The molecule has 3 amide bonds. The molecule has 0 bridgehead atoms. The molecule has 0 aromatic rings. The maximum absolute atomic E-state index is 12.9. The van der Waals surface area contributed by atoms with Crippen molar-refractivity contribution in [3.63, 3.8) is 0 Å². The largest absolute Gasteiger partial charge is 0.386 e. The average Bonchev–Trinajstić information content (AvgIpc) is 3.07. The lowest BCUT2D eigenvalue weighted by Gasteiger charge is -2.23. The van der Waals surface area contributed by atoms with Gasteiger partial charge in [0.1, 0.15) is 5.78 Å². The second-order valence-electron chi connectivity index (χ2n) is 10.6. The van der Waals surface area contributed by atoms with Crippen LogP contribution in [0.2, 0.25) is 0 Å². The van der Waals surface area contributed by atoms with Gasteiger partial charge in [0.25, 0.3) is 0 Å². The topological polar surface area (TPSA) is 139 Å². The predicted octanol–water partition coefficient (Wildman–Crippen LogP) is 2.68. The molecule has 1 saturated heterocycles. The minimum atomic E-state index is -0.604. The highest BCUT2D eigenvalue weighted by Crippen LogP contribution is 2.26. The van der Waals surface area contributed by atoms with Gasteiger partial charge in [0.05, 0.1) is 11.9 Å². The molecule has 0 aromatic carbocycles. The summed E-state index contributed by atoms with van der Waals surface area (Å²) in [4.78, 5) is 63.4. The molecule has 36 heavy (non-hydrogen) atoms. The molecule has 0 aliphatic carbocycles. The summed E-state index contributed by atoms with van der Waals surface area (Å²) in [6.07, 6.45) is 3.90. The molecule has 4 N–H and O–H groups in total. The number of hydrogen-bond donors (Lipinski definition) is 3. The molecule has 1 fully saturated rings. The number of rotatable bonds is 18. The van der Waals surface area contributed by atoms with Crippen LogP contribution in [0.4, 0.5) is 0 Å². The number of Topliss-reactive ketones (excluding diaryl/α,β-unsaturated/α-hetero) is 2. The Morgan fingerprint density at radius 3 is 2.28 bits per heavy atom. The van der Waals surface area contributed by atoms with E-state index < -0.39 is 12.0 Å². The first-order valence-electron chi connectivity index (χ1n) is 13.2. The second kappa shape index (κ2) is 15.4. The first-order chi connectivity index (χ1) is 16.8. The molecule has 0 radical (unpaired) electrons. The van der Waals surface area contributed by atoms with E-state index in [0.29, 0.717) is 57.4 Å². The van der Waals surface area contributed by atoms with Crippen molar-refractivity contribution in [1.29, 1.82) is 0 Å². The molecule has 1 rings (SSSR count). The van der Waals surface area contributed by atoms with E-state index in [1.165, 1.54) is 11.8 Å². The van der Waals surface area contributed by atoms with Crippen LogP contribution in [0.25, 0.3) is 0 Å². The summed E-state index contributed by atoms with van der Waals surface area (Å²) in [7, 11) is 0. The van der Waals surface area contributed by atoms with E-state index in [9.17, 15) is 24.0 Å². The molecule has 0 aromatic heterocycles. The van der Waals surface area contributed by atoms with Gasteiger partial charge in [-0.15, -0.1) is 0 Å². The molecule has 9 nitrogen and oxygen atoms in total. The van der Waals surface area contributed by atoms with Crippen LogP contribution in [-0.2, 0) is 24.0 Å². The van der Waals surface area contributed by atoms with Gasteiger partial charge in [-0.2, -0.15) is 0 Å². The summed E-state index contributed by atoms with van der Waals surface area (Å²) in [6, 6.07) is -0.604. The van der Waals surface area contributed by atoms with E-state index in [1.54, 1.807) is 0 Å². The van der Waals surface area contributed by atoms with E-state index in [2.05, 4.69) is 17.2 Å². The van der Waals surface area contributed by atoms with Crippen LogP contribution in [0, 0.1) is 23.7 Å². The van der Waals surface area contributed by atoms with Crippen LogP contribution in [-0.4, -0.2) is 53.3 Å². The molecule has 1 aliphatic heterocycles. The Morgan fingerprint density at radius 1 is 1.08 bits per heavy atom. The quantitative estimate of drug-likeness (QED) is 0.192. The van der Waals surface area contributed by atoms with Crippen molar-refractivity contribution in [1.82, 2.24) is 15.5 Å². The lowest BCUT2D eigenvalue weighted by atomic mass is 9.88. The number of ketones is 2. The number of hydrogen-bond acceptors (Lipinski definition) is 7. The zero-order valence-corrected chi connectivity index (χ0v) is 22.7. The Bertz CT molecular complexity index is 808. The third-order valence-corrected chi connectivity index (χ3v) is 6.84. The Labute approximate surface area is 216 Å². The van der Waals surface area contributed by atoms with Crippen LogP contribution < -0.4 is 16.4 Å². The summed E-state index contributed by atoms with van der Waals surface area (Å²) in [6.45, 7) is 13.7. The van der Waals surface area contributed by atoms with Gasteiger partial charge in [0.2, 0.25) is 17.7 Å². The van der Waals surface area contributed by atoms with Crippen LogP contribution in [0.1, 0.15) is 86.0 Å². The lowest BCUT2D eigenvalue weighted by molar-refractivity contribution is -0.139. The Kier molecular flexibility index (Phi) is 13.4. The van der Waals surface area contributed by atoms with E-state index in [0.717, 1.165) is 6.42 Å². The SMILES string of the molecule is C=C(N)NCCC[C@H](NC(=O)[C@@H](CC(=O)CCCCCN1C(=O)CC(C(C)C)C1=O)C(C)C)C(C)=O. The Morgan fingerprint density at radius 2 is 1.75 bits per heavy atom. The molecule has 9 heteroatoms. The maximum Gasteiger partial charge on any atom is 0.233 e.